The molecule has 0 aliphatic heterocycles. The minimum Gasteiger partial charge on any atom is -0.481 e. The van der Waals surface area contributed by atoms with Crippen LogP contribution in [0.5, 0.6) is 0 Å². The number of thiazole rings is 1. The molecule has 1 heterocycles. The normalized spacial score (nSPS) is 12.2. The van der Waals surface area contributed by atoms with Crippen molar-refractivity contribution in [2.24, 2.45) is 5.73 Å². The lowest BCUT2D eigenvalue weighted by Gasteiger charge is -2.18. The molecule has 1 atom stereocenters. The van der Waals surface area contributed by atoms with E-state index in [1.165, 1.54) is 16.2 Å². The predicted molar refractivity (Wildman–Crippen MR) is 68.5 cm³/mol. The molecule has 0 saturated carbocycles. The Hall–Kier alpha value is -1.47. The standard InChI is InChI=1S/C11H17N3O3S/c1-3-14(5-4-9(15)16)11(17)8-6-18-10(13-8)7(2)12/h6-7H,3-5,12H2,1-2H3,(H,15,16). The minimum atomic E-state index is -0.921. The van der Waals surface area contributed by atoms with Crippen molar-refractivity contribution in [1.29, 1.82) is 0 Å². The molecule has 0 aliphatic rings. The average molecular weight is 271 g/mol. The van der Waals surface area contributed by atoms with Gasteiger partial charge >= 0.3 is 5.97 Å². The second kappa shape index (κ2) is 6.46. The molecule has 1 aromatic heterocycles. The van der Waals surface area contributed by atoms with Gasteiger partial charge in [0.05, 0.1) is 12.5 Å². The number of nitrogens with two attached hydrogens (primary N) is 1. The number of amides is 1. The van der Waals surface area contributed by atoms with E-state index in [4.69, 9.17) is 10.8 Å². The Morgan fingerprint density at radius 3 is 2.72 bits per heavy atom. The number of carbonyl (C=O) groups is 2. The summed E-state index contributed by atoms with van der Waals surface area (Å²) >= 11 is 1.34. The zero-order valence-corrected chi connectivity index (χ0v) is 11.2. The summed E-state index contributed by atoms with van der Waals surface area (Å²) in [5.41, 5.74) is 6.01. The lowest BCUT2D eigenvalue weighted by molar-refractivity contribution is -0.137. The first-order chi connectivity index (χ1) is 8.45. The van der Waals surface area contributed by atoms with Gasteiger partial charge in [-0.15, -0.1) is 11.3 Å². The van der Waals surface area contributed by atoms with Gasteiger partial charge in [-0.05, 0) is 13.8 Å². The molecule has 0 bridgehead atoms. The molecular weight excluding hydrogens is 254 g/mol. The highest BCUT2D eigenvalue weighted by molar-refractivity contribution is 7.09. The molecule has 6 nitrogen and oxygen atoms in total. The lowest BCUT2D eigenvalue weighted by Crippen LogP contribution is -2.33. The largest absolute Gasteiger partial charge is 0.481 e. The van der Waals surface area contributed by atoms with E-state index in [0.717, 1.165) is 0 Å². The molecule has 18 heavy (non-hydrogen) atoms. The number of rotatable bonds is 6. The molecule has 0 radical (unpaired) electrons. The van der Waals surface area contributed by atoms with Crippen LogP contribution in [-0.4, -0.2) is 40.0 Å². The molecule has 100 valence electrons. The quantitative estimate of drug-likeness (QED) is 0.807. The number of aliphatic carboxylic acids is 1. The van der Waals surface area contributed by atoms with E-state index in [1.54, 1.807) is 19.2 Å². The minimum absolute atomic E-state index is 0.0656. The Bertz CT molecular complexity index is 431. The van der Waals surface area contributed by atoms with E-state index < -0.39 is 5.97 Å². The van der Waals surface area contributed by atoms with Gasteiger partial charge in [-0.25, -0.2) is 4.98 Å². The summed E-state index contributed by atoms with van der Waals surface area (Å²) in [6, 6.07) is -0.203. The Morgan fingerprint density at radius 2 is 2.28 bits per heavy atom. The number of carboxylic acid groups (broad SMARTS) is 1. The van der Waals surface area contributed by atoms with Gasteiger partial charge in [0.1, 0.15) is 10.7 Å². The zero-order chi connectivity index (χ0) is 13.7. The van der Waals surface area contributed by atoms with Gasteiger partial charge in [0, 0.05) is 18.5 Å². The summed E-state index contributed by atoms with van der Waals surface area (Å²) in [5, 5.41) is 11.0. The molecule has 1 amide bonds. The molecule has 7 heteroatoms. The topological polar surface area (TPSA) is 96.5 Å². The molecule has 0 fully saturated rings. The predicted octanol–water partition coefficient (Wildman–Crippen LogP) is 1.10. The van der Waals surface area contributed by atoms with Crippen molar-refractivity contribution in [2.75, 3.05) is 13.1 Å². The molecule has 0 spiro atoms. The zero-order valence-electron chi connectivity index (χ0n) is 10.4. The summed E-state index contributed by atoms with van der Waals surface area (Å²) in [6.45, 7) is 4.25. The Morgan fingerprint density at radius 1 is 1.61 bits per heavy atom. The number of hydrogen-bond acceptors (Lipinski definition) is 5. The van der Waals surface area contributed by atoms with E-state index in [-0.39, 0.29) is 24.9 Å². The molecule has 1 aromatic rings. The summed E-state index contributed by atoms with van der Waals surface area (Å²) in [5.74, 6) is -1.17. The van der Waals surface area contributed by atoms with Gasteiger partial charge in [0.2, 0.25) is 0 Å². The summed E-state index contributed by atoms with van der Waals surface area (Å²) in [4.78, 5) is 28.2. The van der Waals surface area contributed by atoms with Crippen LogP contribution < -0.4 is 5.73 Å². The monoisotopic (exact) mass is 271 g/mol. The van der Waals surface area contributed by atoms with Crippen LogP contribution in [-0.2, 0) is 4.79 Å². The van der Waals surface area contributed by atoms with Crippen LogP contribution >= 0.6 is 11.3 Å². The first kappa shape index (κ1) is 14.6. The van der Waals surface area contributed by atoms with Crippen molar-refractivity contribution in [2.45, 2.75) is 26.3 Å². The average Bonchev–Trinajstić information content (AvgIpc) is 2.78. The van der Waals surface area contributed by atoms with Crippen LogP contribution in [0.4, 0.5) is 0 Å². The van der Waals surface area contributed by atoms with E-state index in [9.17, 15) is 9.59 Å². The third kappa shape index (κ3) is 3.78. The molecular formula is C11H17N3O3S. The van der Waals surface area contributed by atoms with Gasteiger partial charge in [-0.1, -0.05) is 0 Å². The maximum absolute atomic E-state index is 12.1. The highest BCUT2D eigenvalue weighted by Gasteiger charge is 2.18. The van der Waals surface area contributed by atoms with Crippen molar-refractivity contribution in [3.8, 4) is 0 Å². The van der Waals surface area contributed by atoms with E-state index in [0.29, 0.717) is 17.2 Å². The Labute approximate surface area is 109 Å². The van der Waals surface area contributed by atoms with Crippen LogP contribution in [0.15, 0.2) is 5.38 Å². The van der Waals surface area contributed by atoms with Crippen molar-refractivity contribution >= 4 is 23.2 Å². The molecule has 3 N–H and O–H groups in total. The first-order valence-electron chi connectivity index (χ1n) is 5.67. The number of nitrogens with zero attached hydrogens (tertiary/aromatic N) is 2. The van der Waals surface area contributed by atoms with E-state index in [2.05, 4.69) is 4.98 Å². The van der Waals surface area contributed by atoms with Crippen LogP contribution in [0, 0.1) is 0 Å². The highest BCUT2D eigenvalue weighted by atomic mass is 32.1. The molecule has 0 saturated heterocycles. The van der Waals surface area contributed by atoms with Crippen LogP contribution in [0.3, 0.4) is 0 Å². The van der Waals surface area contributed by atoms with Crippen molar-refractivity contribution < 1.29 is 14.7 Å². The second-order valence-corrected chi connectivity index (χ2v) is 4.78. The second-order valence-electron chi connectivity index (χ2n) is 3.89. The van der Waals surface area contributed by atoms with Crippen LogP contribution in [0.2, 0.25) is 0 Å². The molecule has 1 rings (SSSR count). The Balaban J connectivity index is 2.73. The smallest absolute Gasteiger partial charge is 0.305 e. The third-order valence-corrected chi connectivity index (χ3v) is 3.44. The van der Waals surface area contributed by atoms with Crippen LogP contribution in [0.1, 0.15) is 41.8 Å². The van der Waals surface area contributed by atoms with Crippen LogP contribution in [0.25, 0.3) is 0 Å². The van der Waals surface area contributed by atoms with Gasteiger partial charge in [0.25, 0.3) is 5.91 Å². The first-order valence-corrected chi connectivity index (χ1v) is 6.55. The number of carbonyl (C=O) groups excluding carboxylic acids is 1. The number of aromatic nitrogens is 1. The number of hydrogen-bond donors (Lipinski definition) is 2. The maximum Gasteiger partial charge on any atom is 0.305 e. The fraction of sp³-hybridized carbons (Fsp3) is 0.545. The number of carboxylic acids is 1. The summed E-state index contributed by atoms with van der Waals surface area (Å²) < 4.78 is 0. The third-order valence-electron chi connectivity index (χ3n) is 2.40. The summed E-state index contributed by atoms with van der Waals surface area (Å²) in [6.07, 6.45) is -0.0656. The SMILES string of the molecule is CCN(CCC(=O)O)C(=O)c1csc(C(C)N)n1. The van der Waals surface area contributed by atoms with Crippen molar-refractivity contribution in [3.63, 3.8) is 0 Å². The lowest BCUT2D eigenvalue weighted by atomic mass is 10.3. The van der Waals surface area contributed by atoms with E-state index >= 15 is 0 Å². The highest BCUT2D eigenvalue weighted by Crippen LogP contribution is 2.17. The van der Waals surface area contributed by atoms with Crippen molar-refractivity contribution in [3.05, 3.63) is 16.1 Å². The molecule has 0 aliphatic carbocycles. The van der Waals surface area contributed by atoms with Gasteiger partial charge in [-0.2, -0.15) is 0 Å². The molecule has 0 aromatic carbocycles. The fourth-order valence-electron chi connectivity index (χ4n) is 1.39. The van der Waals surface area contributed by atoms with Gasteiger partial charge in [0.15, 0.2) is 0 Å². The van der Waals surface area contributed by atoms with Gasteiger partial charge in [-0.3, -0.25) is 9.59 Å². The van der Waals surface area contributed by atoms with Gasteiger partial charge < -0.3 is 15.7 Å². The summed E-state index contributed by atoms with van der Waals surface area (Å²) in [7, 11) is 0. The molecule has 1 unspecified atom stereocenters. The van der Waals surface area contributed by atoms with E-state index in [1.807, 2.05) is 0 Å². The maximum atomic E-state index is 12.1. The Kier molecular flexibility index (Phi) is 5.24. The van der Waals surface area contributed by atoms with Crippen molar-refractivity contribution in [1.82, 2.24) is 9.88 Å². The fourth-order valence-corrected chi connectivity index (χ4v) is 2.14.